The molecule has 1 aliphatic heterocycles. The van der Waals surface area contributed by atoms with Crippen molar-refractivity contribution in [2.75, 3.05) is 37.4 Å². The van der Waals surface area contributed by atoms with Gasteiger partial charge in [0, 0.05) is 31.1 Å². The Morgan fingerprint density at radius 3 is 2.68 bits per heavy atom. The van der Waals surface area contributed by atoms with Gasteiger partial charge in [0.05, 0.1) is 22.5 Å². The lowest BCUT2D eigenvalue weighted by molar-refractivity contribution is -0.121. The van der Waals surface area contributed by atoms with E-state index in [4.69, 9.17) is 20.8 Å². The Morgan fingerprint density at radius 1 is 1.24 bits per heavy atom. The highest BCUT2D eigenvalue weighted by atomic mass is 35.5. The SMILES string of the molecule is CCN(CC)CCNc1cc2c(c3oc4ccccc4c(=O)c13)CC(NC(=O)CCl)C(C)(C)O2. The number of halogens is 1. The highest BCUT2D eigenvalue weighted by molar-refractivity contribution is 6.27. The molecular formula is C26H32ClN3O4. The fourth-order valence-corrected chi connectivity index (χ4v) is 4.65. The summed E-state index contributed by atoms with van der Waals surface area (Å²) in [6.45, 7) is 11.6. The van der Waals surface area contributed by atoms with Crippen LogP contribution in [0.3, 0.4) is 0 Å². The Morgan fingerprint density at radius 2 is 1.97 bits per heavy atom. The van der Waals surface area contributed by atoms with Gasteiger partial charge in [0.2, 0.25) is 11.3 Å². The topological polar surface area (TPSA) is 83.8 Å². The number of hydrogen-bond donors (Lipinski definition) is 2. The fraction of sp³-hybridized carbons (Fsp3) is 0.462. The van der Waals surface area contributed by atoms with Gasteiger partial charge in [-0.2, -0.15) is 0 Å². The van der Waals surface area contributed by atoms with Crippen LogP contribution in [0, 0.1) is 0 Å². The van der Waals surface area contributed by atoms with Crippen molar-refractivity contribution in [2.45, 2.75) is 45.8 Å². The molecule has 2 N–H and O–H groups in total. The molecule has 1 atom stereocenters. The highest BCUT2D eigenvalue weighted by Crippen LogP contribution is 2.41. The number of alkyl halides is 1. The van der Waals surface area contributed by atoms with Gasteiger partial charge >= 0.3 is 0 Å². The van der Waals surface area contributed by atoms with E-state index in [1.54, 1.807) is 12.1 Å². The molecule has 0 bridgehead atoms. The van der Waals surface area contributed by atoms with E-state index in [0.717, 1.165) is 25.2 Å². The number of nitrogens with one attached hydrogen (secondary N) is 2. The van der Waals surface area contributed by atoms with Crippen molar-refractivity contribution >= 4 is 45.1 Å². The Labute approximate surface area is 204 Å². The third kappa shape index (κ3) is 4.59. The van der Waals surface area contributed by atoms with Crippen LogP contribution in [0.15, 0.2) is 39.5 Å². The molecule has 0 radical (unpaired) electrons. The monoisotopic (exact) mass is 485 g/mol. The van der Waals surface area contributed by atoms with Crippen LogP contribution in [0.25, 0.3) is 21.9 Å². The van der Waals surface area contributed by atoms with Gasteiger partial charge in [-0.3, -0.25) is 9.59 Å². The van der Waals surface area contributed by atoms with Gasteiger partial charge < -0.3 is 24.7 Å². The van der Waals surface area contributed by atoms with Crippen molar-refractivity contribution in [3.05, 3.63) is 46.1 Å². The molecule has 2 heterocycles. The number of ether oxygens (including phenoxy) is 1. The average molecular weight is 486 g/mol. The maximum absolute atomic E-state index is 13.6. The number of para-hydroxylation sites is 1. The van der Waals surface area contributed by atoms with Crippen molar-refractivity contribution in [1.82, 2.24) is 10.2 Å². The van der Waals surface area contributed by atoms with Crippen LogP contribution in [0.5, 0.6) is 5.75 Å². The van der Waals surface area contributed by atoms with Crippen LogP contribution in [-0.2, 0) is 11.2 Å². The number of hydrogen-bond acceptors (Lipinski definition) is 6. The number of nitrogens with zero attached hydrogens (tertiary/aromatic N) is 1. The molecule has 34 heavy (non-hydrogen) atoms. The normalized spacial score (nSPS) is 16.9. The number of fused-ring (bicyclic) bond motifs is 4. The summed E-state index contributed by atoms with van der Waals surface area (Å²) < 4.78 is 12.7. The van der Waals surface area contributed by atoms with Crippen molar-refractivity contribution in [3.8, 4) is 5.75 Å². The smallest absolute Gasteiger partial charge is 0.235 e. The minimum Gasteiger partial charge on any atom is -0.485 e. The molecule has 0 aliphatic carbocycles. The summed E-state index contributed by atoms with van der Waals surface area (Å²) in [6, 6.07) is 8.82. The van der Waals surface area contributed by atoms with Crippen molar-refractivity contribution in [1.29, 1.82) is 0 Å². The van der Waals surface area contributed by atoms with E-state index in [1.807, 2.05) is 32.0 Å². The van der Waals surface area contributed by atoms with E-state index in [-0.39, 0.29) is 23.3 Å². The highest BCUT2D eigenvalue weighted by Gasteiger charge is 2.39. The molecule has 3 aromatic rings. The summed E-state index contributed by atoms with van der Waals surface area (Å²) in [4.78, 5) is 28.0. The van der Waals surface area contributed by atoms with E-state index >= 15 is 0 Å². The molecule has 1 aromatic heterocycles. The molecule has 8 heteroatoms. The second-order valence-electron chi connectivity index (χ2n) is 9.15. The van der Waals surface area contributed by atoms with E-state index in [2.05, 4.69) is 29.4 Å². The van der Waals surface area contributed by atoms with E-state index in [9.17, 15) is 9.59 Å². The number of anilines is 1. The van der Waals surface area contributed by atoms with E-state index in [1.165, 1.54) is 0 Å². The summed E-state index contributed by atoms with van der Waals surface area (Å²) in [7, 11) is 0. The fourth-order valence-electron chi connectivity index (χ4n) is 4.58. The zero-order valence-electron chi connectivity index (χ0n) is 20.2. The summed E-state index contributed by atoms with van der Waals surface area (Å²) in [5.74, 6) is 0.255. The minimum atomic E-state index is -0.669. The first kappa shape index (κ1) is 24.4. The van der Waals surface area contributed by atoms with Gasteiger partial charge in [-0.1, -0.05) is 26.0 Å². The summed E-state index contributed by atoms with van der Waals surface area (Å²) in [5, 5.41) is 7.44. The molecule has 4 rings (SSSR count). The van der Waals surface area contributed by atoms with Crippen LogP contribution >= 0.6 is 11.6 Å². The van der Waals surface area contributed by atoms with Crippen LogP contribution in [0.4, 0.5) is 5.69 Å². The predicted molar refractivity (Wildman–Crippen MR) is 137 cm³/mol. The molecule has 0 saturated carbocycles. The number of carbonyl (C=O) groups is 1. The van der Waals surface area contributed by atoms with Gasteiger partial charge in [-0.15, -0.1) is 11.6 Å². The molecule has 1 aliphatic rings. The largest absolute Gasteiger partial charge is 0.485 e. The van der Waals surface area contributed by atoms with Crippen LogP contribution in [0.2, 0.25) is 0 Å². The van der Waals surface area contributed by atoms with Crippen molar-refractivity contribution < 1.29 is 13.9 Å². The molecule has 182 valence electrons. The number of carbonyl (C=O) groups excluding carboxylic acids is 1. The average Bonchev–Trinajstić information content (AvgIpc) is 2.82. The molecule has 0 fully saturated rings. The summed E-state index contributed by atoms with van der Waals surface area (Å²) in [5.41, 5.74) is 1.72. The van der Waals surface area contributed by atoms with Gasteiger partial charge in [0.25, 0.3) is 0 Å². The Hall–Kier alpha value is -2.77. The van der Waals surface area contributed by atoms with Gasteiger partial charge in [-0.25, -0.2) is 0 Å². The summed E-state index contributed by atoms with van der Waals surface area (Å²) >= 11 is 5.73. The molecule has 0 saturated heterocycles. The Kier molecular flexibility index (Phi) is 7.05. The number of rotatable bonds is 8. The third-order valence-corrected chi connectivity index (χ3v) is 6.87. The van der Waals surface area contributed by atoms with Crippen LogP contribution < -0.4 is 20.8 Å². The second-order valence-corrected chi connectivity index (χ2v) is 9.42. The van der Waals surface area contributed by atoms with Crippen LogP contribution in [-0.4, -0.2) is 54.5 Å². The predicted octanol–water partition coefficient (Wildman–Crippen LogP) is 4.14. The molecule has 1 amide bonds. The first-order valence-electron chi connectivity index (χ1n) is 11.8. The zero-order valence-corrected chi connectivity index (χ0v) is 20.9. The quantitative estimate of drug-likeness (QED) is 0.368. The maximum atomic E-state index is 13.6. The molecule has 1 unspecified atom stereocenters. The van der Waals surface area contributed by atoms with Gasteiger partial charge in [0.15, 0.2) is 0 Å². The van der Waals surface area contributed by atoms with Crippen molar-refractivity contribution in [3.63, 3.8) is 0 Å². The van der Waals surface area contributed by atoms with Crippen molar-refractivity contribution in [2.24, 2.45) is 0 Å². The van der Waals surface area contributed by atoms with Gasteiger partial charge in [-0.05, 0) is 39.1 Å². The molecule has 2 aromatic carbocycles. The lowest BCUT2D eigenvalue weighted by Crippen LogP contribution is -2.56. The summed E-state index contributed by atoms with van der Waals surface area (Å²) in [6.07, 6.45) is 0.461. The first-order valence-corrected chi connectivity index (χ1v) is 12.3. The zero-order chi connectivity index (χ0) is 24.5. The minimum absolute atomic E-state index is 0.0869. The third-order valence-electron chi connectivity index (χ3n) is 6.63. The number of amides is 1. The standard InChI is InChI=1S/C26H32ClN3O4/c1-5-30(6-2)12-11-28-18-14-20-17(13-21(26(3,4)34-20)29-22(31)15-27)25-23(18)24(32)16-9-7-8-10-19(16)33-25/h7-10,14,21,28H,5-6,11-13,15H2,1-4H3,(H,29,31). The van der Waals surface area contributed by atoms with E-state index in [0.29, 0.717) is 46.3 Å². The van der Waals surface area contributed by atoms with Gasteiger partial charge in [0.1, 0.15) is 28.4 Å². The maximum Gasteiger partial charge on any atom is 0.235 e. The van der Waals surface area contributed by atoms with E-state index < -0.39 is 5.60 Å². The molecular weight excluding hydrogens is 454 g/mol. The lowest BCUT2D eigenvalue weighted by Gasteiger charge is -2.40. The van der Waals surface area contributed by atoms with Crippen LogP contribution in [0.1, 0.15) is 33.3 Å². The Bertz CT molecular complexity index is 1270. The molecule has 7 nitrogen and oxygen atoms in total. The molecule has 0 spiro atoms. The second kappa shape index (κ2) is 9.84. The Balaban J connectivity index is 1.85. The lowest BCUT2D eigenvalue weighted by atomic mass is 9.87. The number of likely N-dealkylation sites (N-methyl/N-ethyl adjacent to an activating group) is 1. The number of benzene rings is 2. The first-order chi connectivity index (χ1) is 16.3.